The highest BCUT2D eigenvalue weighted by Crippen LogP contribution is 2.33. The van der Waals surface area contributed by atoms with Crippen LogP contribution in [0.1, 0.15) is 39.5 Å². The molecule has 1 N–H and O–H groups in total. The van der Waals surface area contributed by atoms with Crippen LogP contribution in [0.4, 0.5) is 0 Å². The topological polar surface area (TPSA) is 30.5 Å². The van der Waals surface area contributed by atoms with Crippen molar-refractivity contribution in [3.05, 3.63) is 0 Å². The van der Waals surface area contributed by atoms with Crippen molar-refractivity contribution in [3.63, 3.8) is 0 Å². The van der Waals surface area contributed by atoms with E-state index in [-0.39, 0.29) is 0 Å². The van der Waals surface area contributed by atoms with Crippen LogP contribution in [0.2, 0.25) is 0 Å². The minimum atomic E-state index is 0.474. The van der Waals surface area contributed by atoms with E-state index in [1.165, 1.54) is 19.3 Å². The van der Waals surface area contributed by atoms with E-state index in [1.807, 2.05) is 0 Å². The van der Waals surface area contributed by atoms with Gasteiger partial charge in [-0.15, -0.1) is 0 Å². The van der Waals surface area contributed by atoms with Crippen molar-refractivity contribution in [2.45, 2.75) is 51.7 Å². The molecule has 2 aliphatic heterocycles. The van der Waals surface area contributed by atoms with Gasteiger partial charge in [0, 0.05) is 31.8 Å². The van der Waals surface area contributed by atoms with Crippen LogP contribution in [0, 0.1) is 11.8 Å². The molecule has 3 atom stereocenters. The fourth-order valence-electron chi connectivity index (χ4n) is 3.47. The predicted octanol–water partition coefficient (Wildman–Crippen LogP) is 2.21. The monoisotopic (exact) mass is 241 g/mol. The molecule has 0 saturated carbocycles. The maximum atomic E-state index is 5.86. The Bertz CT molecular complexity index is 216. The van der Waals surface area contributed by atoms with Gasteiger partial charge in [0.2, 0.25) is 0 Å². The Morgan fingerprint density at radius 3 is 2.53 bits per heavy atom. The summed E-state index contributed by atoms with van der Waals surface area (Å²) in [5, 5.41) is 3.72. The molecule has 2 heterocycles. The van der Waals surface area contributed by atoms with Gasteiger partial charge in [0.05, 0.1) is 6.10 Å². The van der Waals surface area contributed by atoms with Gasteiger partial charge in [-0.2, -0.15) is 0 Å². The Morgan fingerprint density at radius 2 is 1.88 bits per heavy atom. The van der Waals surface area contributed by atoms with Crippen LogP contribution >= 0.6 is 0 Å². The molecule has 0 spiro atoms. The van der Waals surface area contributed by atoms with E-state index in [0.717, 1.165) is 38.7 Å². The van der Waals surface area contributed by atoms with Crippen LogP contribution in [0.25, 0.3) is 0 Å². The van der Waals surface area contributed by atoms with Gasteiger partial charge in [-0.1, -0.05) is 13.8 Å². The molecule has 0 aromatic carbocycles. The summed E-state index contributed by atoms with van der Waals surface area (Å²) in [6, 6.07) is 0.636. The summed E-state index contributed by atoms with van der Waals surface area (Å²) >= 11 is 0. The molecule has 0 amide bonds. The lowest BCUT2D eigenvalue weighted by atomic mass is 9.79. The Labute approximate surface area is 105 Å². The van der Waals surface area contributed by atoms with E-state index in [0.29, 0.717) is 18.1 Å². The largest absolute Gasteiger partial charge is 0.381 e. The van der Waals surface area contributed by atoms with E-state index in [9.17, 15) is 0 Å². The summed E-state index contributed by atoms with van der Waals surface area (Å²) in [4.78, 5) is 0. The molecule has 0 aromatic rings. The highest BCUT2D eigenvalue weighted by atomic mass is 16.5. The summed E-state index contributed by atoms with van der Waals surface area (Å²) in [6.07, 6.45) is 5.28. The molecule has 3 heteroatoms. The van der Waals surface area contributed by atoms with Crippen molar-refractivity contribution in [3.8, 4) is 0 Å². The molecular formula is C14H27NO2. The standard InChI is InChI=1S/C14H27NO2/c1-3-13-12(7-10-17-13)14(15-4-2)11-5-8-16-9-6-11/h11-15H,3-10H2,1-2H3. The zero-order chi connectivity index (χ0) is 12.1. The van der Waals surface area contributed by atoms with Crippen LogP contribution in [0.15, 0.2) is 0 Å². The van der Waals surface area contributed by atoms with Crippen molar-refractivity contribution >= 4 is 0 Å². The summed E-state index contributed by atoms with van der Waals surface area (Å²) in [5.41, 5.74) is 0. The molecule has 0 bridgehead atoms. The Morgan fingerprint density at radius 1 is 1.12 bits per heavy atom. The van der Waals surface area contributed by atoms with Gasteiger partial charge in [-0.3, -0.25) is 0 Å². The quantitative estimate of drug-likeness (QED) is 0.800. The molecule has 2 saturated heterocycles. The van der Waals surface area contributed by atoms with E-state index in [4.69, 9.17) is 9.47 Å². The van der Waals surface area contributed by atoms with Crippen LogP contribution in [0.3, 0.4) is 0 Å². The van der Waals surface area contributed by atoms with Crippen molar-refractivity contribution < 1.29 is 9.47 Å². The molecule has 2 fully saturated rings. The molecule has 0 radical (unpaired) electrons. The van der Waals surface area contributed by atoms with Gasteiger partial charge in [-0.25, -0.2) is 0 Å². The lowest BCUT2D eigenvalue weighted by Gasteiger charge is -2.36. The average molecular weight is 241 g/mol. The second-order valence-electron chi connectivity index (χ2n) is 5.30. The molecule has 100 valence electrons. The third-order valence-corrected chi connectivity index (χ3v) is 4.34. The van der Waals surface area contributed by atoms with Crippen molar-refractivity contribution in [2.75, 3.05) is 26.4 Å². The molecule has 3 unspecified atom stereocenters. The van der Waals surface area contributed by atoms with Crippen LogP contribution in [-0.2, 0) is 9.47 Å². The van der Waals surface area contributed by atoms with E-state index < -0.39 is 0 Å². The lowest BCUT2D eigenvalue weighted by Crippen LogP contribution is -2.46. The first-order chi connectivity index (χ1) is 8.36. The predicted molar refractivity (Wildman–Crippen MR) is 69.1 cm³/mol. The van der Waals surface area contributed by atoms with Gasteiger partial charge < -0.3 is 14.8 Å². The van der Waals surface area contributed by atoms with Crippen LogP contribution in [0.5, 0.6) is 0 Å². The second-order valence-corrected chi connectivity index (χ2v) is 5.30. The van der Waals surface area contributed by atoms with E-state index in [1.54, 1.807) is 0 Å². The maximum Gasteiger partial charge on any atom is 0.0616 e. The smallest absolute Gasteiger partial charge is 0.0616 e. The number of nitrogens with one attached hydrogen (secondary N) is 1. The van der Waals surface area contributed by atoms with Gasteiger partial charge in [0.15, 0.2) is 0 Å². The third kappa shape index (κ3) is 3.21. The fourth-order valence-corrected chi connectivity index (χ4v) is 3.47. The van der Waals surface area contributed by atoms with Crippen LogP contribution in [-0.4, -0.2) is 38.5 Å². The lowest BCUT2D eigenvalue weighted by molar-refractivity contribution is 0.0269. The Balaban J connectivity index is 1.99. The number of hydrogen-bond donors (Lipinski definition) is 1. The van der Waals surface area contributed by atoms with Crippen LogP contribution < -0.4 is 5.32 Å². The molecular weight excluding hydrogens is 214 g/mol. The molecule has 2 rings (SSSR count). The Hall–Kier alpha value is -0.120. The molecule has 3 nitrogen and oxygen atoms in total. The van der Waals surface area contributed by atoms with Gasteiger partial charge in [0.1, 0.15) is 0 Å². The summed E-state index contributed by atoms with van der Waals surface area (Å²) in [6.45, 7) is 8.36. The first kappa shape index (κ1) is 13.3. The zero-order valence-electron chi connectivity index (χ0n) is 11.3. The highest BCUT2D eigenvalue weighted by Gasteiger charge is 2.37. The third-order valence-electron chi connectivity index (χ3n) is 4.34. The molecule has 0 aliphatic carbocycles. The number of hydrogen-bond acceptors (Lipinski definition) is 3. The maximum absolute atomic E-state index is 5.86. The molecule has 2 aliphatic rings. The van der Waals surface area contributed by atoms with Gasteiger partial charge in [-0.05, 0) is 38.1 Å². The van der Waals surface area contributed by atoms with E-state index in [2.05, 4.69) is 19.2 Å². The van der Waals surface area contributed by atoms with Crippen molar-refractivity contribution in [2.24, 2.45) is 11.8 Å². The van der Waals surface area contributed by atoms with E-state index >= 15 is 0 Å². The second kappa shape index (κ2) is 6.72. The SMILES string of the molecule is CCNC(C1CCOCC1)C1CCOC1CC. The normalized spacial score (nSPS) is 32.8. The minimum Gasteiger partial charge on any atom is -0.381 e. The van der Waals surface area contributed by atoms with Crippen molar-refractivity contribution in [1.29, 1.82) is 0 Å². The Kier molecular flexibility index (Phi) is 5.26. The number of ether oxygens (including phenoxy) is 2. The average Bonchev–Trinajstić information content (AvgIpc) is 2.85. The highest BCUT2D eigenvalue weighted by molar-refractivity contribution is 4.90. The zero-order valence-corrected chi connectivity index (χ0v) is 11.3. The first-order valence-corrected chi connectivity index (χ1v) is 7.29. The molecule has 17 heavy (non-hydrogen) atoms. The molecule has 0 aromatic heterocycles. The summed E-state index contributed by atoms with van der Waals surface area (Å²) in [7, 11) is 0. The minimum absolute atomic E-state index is 0.474. The van der Waals surface area contributed by atoms with Gasteiger partial charge in [0.25, 0.3) is 0 Å². The first-order valence-electron chi connectivity index (χ1n) is 7.29. The number of rotatable bonds is 5. The summed E-state index contributed by atoms with van der Waals surface area (Å²) < 4.78 is 11.3. The summed E-state index contributed by atoms with van der Waals surface area (Å²) in [5.74, 6) is 1.49. The fraction of sp³-hybridized carbons (Fsp3) is 1.00. The van der Waals surface area contributed by atoms with Crippen molar-refractivity contribution in [1.82, 2.24) is 5.32 Å². The van der Waals surface area contributed by atoms with Gasteiger partial charge >= 0.3 is 0 Å².